The van der Waals surface area contributed by atoms with Crippen LogP contribution >= 0.6 is 0 Å². The number of esters is 1. The number of aliphatic imine (C=N–C) groups is 1. The summed E-state index contributed by atoms with van der Waals surface area (Å²) >= 11 is 0. The first-order chi connectivity index (χ1) is 11.6. The maximum absolute atomic E-state index is 12.1. The zero-order valence-corrected chi connectivity index (χ0v) is 13.7. The maximum Gasteiger partial charge on any atom is 0.363 e. The molecule has 122 valence electrons. The molecule has 0 spiro atoms. The molecule has 0 aromatic heterocycles. The fourth-order valence-electron chi connectivity index (χ4n) is 2.41. The van der Waals surface area contributed by atoms with E-state index >= 15 is 0 Å². The van der Waals surface area contributed by atoms with E-state index in [0.717, 1.165) is 16.7 Å². The Morgan fingerprint density at radius 1 is 1.04 bits per heavy atom. The number of carbonyl (C=O) groups excluding carboxylic acids is 1. The van der Waals surface area contributed by atoms with E-state index in [1.165, 1.54) is 0 Å². The van der Waals surface area contributed by atoms with Crippen LogP contribution in [0.4, 0.5) is 0 Å². The molecule has 3 rings (SSSR count). The molecule has 5 heteroatoms. The Bertz CT molecular complexity index is 852. The van der Waals surface area contributed by atoms with Crippen LogP contribution in [-0.4, -0.2) is 26.1 Å². The smallest absolute Gasteiger partial charge is 0.363 e. The first kappa shape index (κ1) is 15.8. The molecule has 0 N–H and O–H groups in total. The number of carbonyl (C=O) groups is 1. The standard InChI is InChI=1S/C19H17NO4/c1-12-5-4-6-14(9-12)18-20-15(19(21)24-18)10-13-7-8-16(22-2)17(11-13)23-3/h4-11H,1-3H3/b15-10-. The van der Waals surface area contributed by atoms with Crippen molar-refractivity contribution in [3.63, 3.8) is 0 Å². The highest BCUT2D eigenvalue weighted by Gasteiger charge is 2.24. The molecule has 0 bridgehead atoms. The summed E-state index contributed by atoms with van der Waals surface area (Å²) in [7, 11) is 3.13. The Morgan fingerprint density at radius 2 is 1.83 bits per heavy atom. The van der Waals surface area contributed by atoms with Crippen LogP contribution in [0.5, 0.6) is 11.5 Å². The normalized spacial score (nSPS) is 15.2. The van der Waals surface area contributed by atoms with Crippen molar-refractivity contribution < 1.29 is 19.0 Å². The third-order valence-electron chi connectivity index (χ3n) is 3.60. The second kappa shape index (κ2) is 6.58. The number of cyclic esters (lactones) is 1. The van der Waals surface area contributed by atoms with Gasteiger partial charge in [-0.15, -0.1) is 0 Å². The first-order valence-electron chi connectivity index (χ1n) is 7.42. The van der Waals surface area contributed by atoms with E-state index in [1.807, 2.05) is 37.3 Å². The Balaban J connectivity index is 1.94. The highest BCUT2D eigenvalue weighted by Crippen LogP contribution is 2.29. The largest absolute Gasteiger partial charge is 0.493 e. The summed E-state index contributed by atoms with van der Waals surface area (Å²) in [6.07, 6.45) is 1.66. The number of ether oxygens (including phenoxy) is 3. The minimum absolute atomic E-state index is 0.249. The summed E-state index contributed by atoms with van der Waals surface area (Å²) in [6.45, 7) is 1.97. The molecule has 1 aliphatic rings. The second-order valence-corrected chi connectivity index (χ2v) is 5.32. The lowest BCUT2D eigenvalue weighted by atomic mass is 10.1. The number of benzene rings is 2. The molecule has 0 amide bonds. The van der Waals surface area contributed by atoms with Gasteiger partial charge in [0.15, 0.2) is 17.2 Å². The monoisotopic (exact) mass is 323 g/mol. The molecular formula is C19H17NO4. The highest BCUT2D eigenvalue weighted by atomic mass is 16.6. The van der Waals surface area contributed by atoms with E-state index < -0.39 is 5.97 Å². The number of nitrogens with zero attached hydrogens (tertiary/aromatic N) is 1. The lowest BCUT2D eigenvalue weighted by Crippen LogP contribution is -2.05. The maximum atomic E-state index is 12.1. The fourth-order valence-corrected chi connectivity index (χ4v) is 2.41. The van der Waals surface area contributed by atoms with Crippen molar-refractivity contribution in [2.75, 3.05) is 14.2 Å². The van der Waals surface area contributed by atoms with E-state index in [1.54, 1.807) is 32.4 Å². The topological polar surface area (TPSA) is 57.1 Å². The molecule has 0 saturated carbocycles. The van der Waals surface area contributed by atoms with E-state index in [0.29, 0.717) is 17.4 Å². The number of methoxy groups -OCH3 is 2. The molecule has 1 heterocycles. The summed E-state index contributed by atoms with van der Waals surface area (Å²) in [6, 6.07) is 13.0. The molecule has 0 fully saturated rings. The van der Waals surface area contributed by atoms with Crippen LogP contribution in [0.25, 0.3) is 6.08 Å². The molecule has 0 aliphatic carbocycles. The van der Waals surface area contributed by atoms with Crippen molar-refractivity contribution in [2.45, 2.75) is 6.92 Å². The van der Waals surface area contributed by atoms with Crippen LogP contribution in [0.2, 0.25) is 0 Å². The van der Waals surface area contributed by atoms with E-state index in [-0.39, 0.29) is 5.70 Å². The molecule has 24 heavy (non-hydrogen) atoms. The fraction of sp³-hybridized carbons (Fsp3) is 0.158. The molecule has 1 aliphatic heterocycles. The lowest BCUT2D eigenvalue weighted by molar-refractivity contribution is -0.129. The van der Waals surface area contributed by atoms with Crippen LogP contribution in [0.3, 0.4) is 0 Å². The van der Waals surface area contributed by atoms with Gasteiger partial charge in [-0.05, 0) is 42.8 Å². The Morgan fingerprint density at radius 3 is 2.54 bits per heavy atom. The van der Waals surface area contributed by atoms with Crippen molar-refractivity contribution in [3.05, 3.63) is 64.9 Å². The summed E-state index contributed by atoms with van der Waals surface area (Å²) in [5, 5.41) is 0. The SMILES string of the molecule is COc1ccc(/C=C2\N=C(c3cccc(C)c3)OC2=O)cc1OC. The molecule has 2 aromatic carbocycles. The second-order valence-electron chi connectivity index (χ2n) is 5.32. The minimum Gasteiger partial charge on any atom is -0.493 e. The van der Waals surface area contributed by atoms with E-state index in [4.69, 9.17) is 14.2 Å². The predicted molar refractivity (Wildman–Crippen MR) is 91.3 cm³/mol. The van der Waals surface area contributed by atoms with Crippen LogP contribution in [0.1, 0.15) is 16.7 Å². The summed E-state index contributed by atoms with van der Waals surface area (Å²) < 4.78 is 15.7. The van der Waals surface area contributed by atoms with Gasteiger partial charge in [0.05, 0.1) is 14.2 Å². The van der Waals surface area contributed by atoms with E-state index in [2.05, 4.69) is 4.99 Å². The van der Waals surface area contributed by atoms with Gasteiger partial charge in [-0.25, -0.2) is 9.79 Å². The van der Waals surface area contributed by atoms with Gasteiger partial charge in [0, 0.05) is 5.56 Å². The van der Waals surface area contributed by atoms with E-state index in [9.17, 15) is 4.79 Å². The zero-order chi connectivity index (χ0) is 17.1. The summed E-state index contributed by atoms with van der Waals surface area (Å²) in [5.74, 6) is 1.05. The Hall–Kier alpha value is -3.08. The number of hydrogen-bond donors (Lipinski definition) is 0. The molecule has 2 aromatic rings. The highest BCUT2D eigenvalue weighted by molar-refractivity contribution is 6.12. The van der Waals surface area contributed by atoms with Crippen LogP contribution in [0.15, 0.2) is 53.2 Å². The summed E-state index contributed by atoms with van der Waals surface area (Å²) in [4.78, 5) is 16.4. The van der Waals surface area contributed by atoms with Gasteiger partial charge in [-0.1, -0.05) is 23.8 Å². The Labute approximate surface area is 140 Å². The minimum atomic E-state index is -0.471. The van der Waals surface area contributed by atoms with Crippen LogP contribution in [-0.2, 0) is 9.53 Å². The van der Waals surface area contributed by atoms with Gasteiger partial charge in [0.25, 0.3) is 0 Å². The van der Waals surface area contributed by atoms with Gasteiger partial charge >= 0.3 is 5.97 Å². The number of rotatable bonds is 4. The first-order valence-corrected chi connectivity index (χ1v) is 7.42. The van der Waals surface area contributed by atoms with Gasteiger partial charge in [-0.2, -0.15) is 0 Å². The van der Waals surface area contributed by atoms with Gasteiger partial charge < -0.3 is 14.2 Å². The number of hydrogen-bond acceptors (Lipinski definition) is 5. The van der Waals surface area contributed by atoms with Crippen LogP contribution in [0, 0.1) is 6.92 Å². The Kier molecular flexibility index (Phi) is 4.33. The van der Waals surface area contributed by atoms with Gasteiger partial charge in [-0.3, -0.25) is 0 Å². The van der Waals surface area contributed by atoms with Crippen molar-refractivity contribution >= 4 is 17.9 Å². The van der Waals surface area contributed by atoms with Crippen molar-refractivity contribution in [1.82, 2.24) is 0 Å². The van der Waals surface area contributed by atoms with Crippen LogP contribution < -0.4 is 9.47 Å². The molecule has 0 unspecified atom stereocenters. The molecule has 0 radical (unpaired) electrons. The number of aryl methyl sites for hydroxylation is 1. The average molecular weight is 323 g/mol. The van der Waals surface area contributed by atoms with Gasteiger partial charge in [0.2, 0.25) is 5.90 Å². The molecule has 5 nitrogen and oxygen atoms in total. The zero-order valence-electron chi connectivity index (χ0n) is 13.7. The predicted octanol–water partition coefficient (Wildman–Crippen LogP) is 3.36. The van der Waals surface area contributed by atoms with Crippen molar-refractivity contribution in [1.29, 1.82) is 0 Å². The van der Waals surface area contributed by atoms with Crippen molar-refractivity contribution in [3.8, 4) is 11.5 Å². The molecular weight excluding hydrogens is 306 g/mol. The third-order valence-corrected chi connectivity index (χ3v) is 3.60. The lowest BCUT2D eigenvalue weighted by Gasteiger charge is -2.07. The molecule has 0 saturated heterocycles. The average Bonchev–Trinajstić information content (AvgIpc) is 2.95. The van der Waals surface area contributed by atoms with Gasteiger partial charge in [0.1, 0.15) is 0 Å². The summed E-state index contributed by atoms with van der Waals surface area (Å²) in [5.41, 5.74) is 2.87. The third kappa shape index (κ3) is 3.15. The molecule has 0 atom stereocenters. The quantitative estimate of drug-likeness (QED) is 0.639. The van der Waals surface area contributed by atoms with Crippen molar-refractivity contribution in [2.24, 2.45) is 4.99 Å².